The molecule has 1 saturated carbocycles. The zero-order chi connectivity index (χ0) is 13.7. The highest BCUT2D eigenvalue weighted by Crippen LogP contribution is 2.30. The van der Waals surface area contributed by atoms with Crippen molar-refractivity contribution >= 4 is 5.84 Å². The van der Waals surface area contributed by atoms with Crippen molar-refractivity contribution in [1.29, 1.82) is 0 Å². The molecule has 0 aliphatic heterocycles. The van der Waals surface area contributed by atoms with Crippen molar-refractivity contribution in [1.82, 2.24) is 5.32 Å². The Labute approximate surface area is 113 Å². The van der Waals surface area contributed by atoms with Crippen molar-refractivity contribution < 1.29 is 10.3 Å². The van der Waals surface area contributed by atoms with Gasteiger partial charge in [0.25, 0.3) is 0 Å². The molecule has 1 aliphatic rings. The van der Waals surface area contributed by atoms with E-state index in [1.54, 1.807) is 0 Å². The maximum absolute atomic E-state index is 10.0. The first-order chi connectivity index (χ1) is 9.14. The first kappa shape index (κ1) is 13.8. The minimum Gasteiger partial charge on any atom is -0.409 e. The van der Waals surface area contributed by atoms with Gasteiger partial charge < -0.3 is 21.4 Å². The molecule has 0 radical (unpaired) electrons. The predicted molar refractivity (Wildman–Crippen MR) is 74.3 cm³/mol. The second kappa shape index (κ2) is 6.04. The lowest BCUT2D eigenvalue weighted by Crippen LogP contribution is -2.47. The van der Waals surface area contributed by atoms with Gasteiger partial charge in [-0.15, -0.1) is 0 Å². The van der Waals surface area contributed by atoms with Crippen LogP contribution in [0.3, 0.4) is 0 Å². The van der Waals surface area contributed by atoms with Crippen molar-refractivity contribution in [3.63, 3.8) is 0 Å². The topological polar surface area (TPSA) is 90.9 Å². The van der Waals surface area contributed by atoms with E-state index >= 15 is 0 Å². The maximum atomic E-state index is 10.0. The minimum atomic E-state index is -0.563. The molecule has 0 heterocycles. The van der Waals surface area contributed by atoms with E-state index in [1.165, 1.54) is 0 Å². The van der Waals surface area contributed by atoms with E-state index in [4.69, 9.17) is 10.9 Å². The number of hydrogen-bond donors (Lipinski definition) is 4. The molecule has 1 atom stereocenters. The lowest BCUT2D eigenvalue weighted by atomic mass is 9.80. The fraction of sp³-hybridized carbons (Fsp3) is 0.500. The van der Waals surface area contributed by atoms with Gasteiger partial charge in [-0.1, -0.05) is 35.5 Å². The maximum Gasteiger partial charge on any atom is 0.147 e. The number of amidine groups is 1. The molecule has 5 nitrogen and oxygen atoms in total. The van der Waals surface area contributed by atoms with Gasteiger partial charge in [0.05, 0.1) is 11.5 Å². The summed E-state index contributed by atoms with van der Waals surface area (Å²) >= 11 is 0. The van der Waals surface area contributed by atoms with Crippen LogP contribution in [0.25, 0.3) is 0 Å². The Balaban J connectivity index is 1.95. The normalized spacial score (nSPS) is 19.7. The highest BCUT2D eigenvalue weighted by Gasteiger charge is 2.34. The Morgan fingerprint density at radius 3 is 2.58 bits per heavy atom. The summed E-state index contributed by atoms with van der Waals surface area (Å²) < 4.78 is 0. The number of hydrogen-bond acceptors (Lipinski definition) is 4. The summed E-state index contributed by atoms with van der Waals surface area (Å²) in [6.45, 7) is 1.09. The van der Waals surface area contributed by atoms with Gasteiger partial charge in [0.1, 0.15) is 5.84 Å². The zero-order valence-corrected chi connectivity index (χ0v) is 10.9. The van der Waals surface area contributed by atoms with Crippen LogP contribution < -0.4 is 11.1 Å². The number of nitrogens with one attached hydrogen (secondary N) is 1. The predicted octanol–water partition coefficient (Wildman–Crippen LogP) is 1.02. The van der Waals surface area contributed by atoms with Crippen LogP contribution in [-0.2, 0) is 0 Å². The van der Waals surface area contributed by atoms with Crippen LogP contribution in [0.2, 0.25) is 0 Å². The molecule has 1 aliphatic carbocycles. The number of benzene rings is 1. The molecule has 1 aromatic rings. The van der Waals surface area contributed by atoms with Gasteiger partial charge in [0.15, 0.2) is 0 Å². The molecule has 5 N–H and O–H groups in total. The summed E-state index contributed by atoms with van der Waals surface area (Å²) in [5.74, 6) is -0.00539. The van der Waals surface area contributed by atoms with E-state index in [0.717, 1.165) is 24.8 Å². The highest BCUT2D eigenvalue weighted by molar-refractivity contribution is 5.87. The summed E-state index contributed by atoms with van der Waals surface area (Å²) in [6, 6.07) is 9.67. The van der Waals surface area contributed by atoms with Gasteiger partial charge in [-0.05, 0) is 24.8 Å². The van der Waals surface area contributed by atoms with Crippen LogP contribution >= 0.6 is 0 Å². The van der Waals surface area contributed by atoms with Crippen LogP contribution in [0.15, 0.2) is 35.5 Å². The molecule has 1 fully saturated rings. The van der Waals surface area contributed by atoms with Gasteiger partial charge in [-0.25, -0.2) is 0 Å². The van der Waals surface area contributed by atoms with E-state index in [1.807, 2.05) is 30.3 Å². The molecule has 0 bridgehead atoms. The summed E-state index contributed by atoms with van der Waals surface area (Å²) in [4.78, 5) is 0. The standard InChI is InChI=1S/C14H21N3O2/c15-13(17-19)12(11-5-2-1-3-6-11)9-16-10-14(18)7-4-8-14/h1-3,5-6,12,16,18-19H,4,7-10H2,(H2,15,17). The Morgan fingerprint density at radius 1 is 1.37 bits per heavy atom. The third kappa shape index (κ3) is 3.45. The second-order valence-electron chi connectivity index (χ2n) is 5.20. The molecule has 0 saturated heterocycles. The summed E-state index contributed by atoms with van der Waals surface area (Å²) in [7, 11) is 0. The van der Waals surface area contributed by atoms with Crippen LogP contribution in [0.5, 0.6) is 0 Å². The van der Waals surface area contributed by atoms with Crippen LogP contribution in [0.4, 0.5) is 0 Å². The smallest absolute Gasteiger partial charge is 0.147 e. The molecule has 1 aromatic carbocycles. The van der Waals surface area contributed by atoms with Crippen molar-refractivity contribution in [3.8, 4) is 0 Å². The first-order valence-electron chi connectivity index (χ1n) is 6.60. The van der Waals surface area contributed by atoms with E-state index < -0.39 is 5.60 Å². The van der Waals surface area contributed by atoms with E-state index in [9.17, 15) is 5.11 Å². The molecule has 0 spiro atoms. The van der Waals surface area contributed by atoms with Gasteiger partial charge in [0, 0.05) is 13.1 Å². The molecular formula is C14H21N3O2. The molecule has 19 heavy (non-hydrogen) atoms. The largest absolute Gasteiger partial charge is 0.409 e. The van der Waals surface area contributed by atoms with Crippen molar-refractivity contribution in [2.75, 3.05) is 13.1 Å². The molecule has 0 aromatic heterocycles. The van der Waals surface area contributed by atoms with E-state index in [0.29, 0.717) is 13.1 Å². The summed E-state index contributed by atoms with van der Waals surface area (Å²) in [5, 5.41) is 25.2. The van der Waals surface area contributed by atoms with Gasteiger partial charge in [0.2, 0.25) is 0 Å². The van der Waals surface area contributed by atoms with Gasteiger partial charge >= 0.3 is 0 Å². The van der Waals surface area contributed by atoms with Gasteiger partial charge in [-0.3, -0.25) is 0 Å². The quantitative estimate of drug-likeness (QED) is 0.267. The monoisotopic (exact) mass is 263 g/mol. The first-order valence-corrected chi connectivity index (χ1v) is 6.60. The fourth-order valence-electron chi connectivity index (χ4n) is 2.36. The SMILES string of the molecule is N/C(=N/O)C(CNCC1(O)CCC1)c1ccccc1. The fourth-order valence-corrected chi connectivity index (χ4v) is 2.36. The highest BCUT2D eigenvalue weighted by atomic mass is 16.4. The number of rotatable bonds is 6. The number of aliphatic hydroxyl groups is 1. The average Bonchev–Trinajstić information content (AvgIpc) is 2.42. The van der Waals surface area contributed by atoms with Crippen molar-refractivity contribution in [3.05, 3.63) is 35.9 Å². The molecule has 5 heteroatoms. The molecule has 2 rings (SSSR count). The minimum absolute atomic E-state index is 0.180. The molecular weight excluding hydrogens is 242 g/mol. The number of nitrogens with zero attached hydrogens (tertiary/aromatic N) is 1. The second-order valence-corrected chi connectivity index (χ2v) is 5.20. The van der Waals surface area contributed by atoms with Crippen LogP contribution in [0.1, 0.15) is 30.7 Å². The zero-order valence-electron chi connectivity index (χ0n) is 10.9. The van der Waals surface area contributed by atoms with E-state index in [-0.39, 0.29) is 11.8 Å². The third-order valence-electron chi connectivity index (χ3n) is 3.76. The molecule has 0 amide bonds. The number of nitrogens with two attached hydrogens (primary N) is 1. The Bertz CT molecular complexity index is 430. The molecule has 1 unspecified atom stereocenters. The Morgan fingerprint density at radius 2 is 2.05 bits per heavy atom. The van der Waals surface area contributed by atoms with Crippen LogP contribution in [-0.4, -0.2) is 34.8 Å². The third-order valence-corrected chi connectivity index (χ3v) is 3.76. The number of oxime groups is 1. The van der Waals surface area contributed by atoms with Crippen molar-refractivity contribution in [2.24, 2.45) is 10.9 Å². The average molecular weight is 263 g/mol. The summed E-state index contributed by atoms with van der Waals surface area (Å²) in [6.07, 6.45) is 2.78. The van der Waals surface area contributed by atoms with Gasteiger partial charge in [-0.2, -0.15) is 0 Å². The van der Waals surface area contributed by atoms with Crippen LogP contribution in [0, 0.1) is 0 Å². The molecule has 104 valence electrons. The lowest BCUT2D eigenvalue weighted by Gasteiger charge is -2.37. The lowest BCUT2D eigenvalue weighted by molar-refractivity contribution is -0.0311. The van der Waals surface area contributed by atoms with E-state index in [2.05, 4.69) is 10.5 Å². The Hall–Kier alpha value is -1.59. The Kier molecular flexibility index (Phi) is 4.39. The van der Waals surface area contributed by atoms with Crippen molar-refractivity contribution in [2.45, 2.75) is 30.8 Å². The summed E-state index contributed by atoms with van der Waals surface area (Å²) in [5.41, 5.74) is 6.17.